The maximum absolute atomic E-state index is 13.1. The lowest BCUT2D eigenvalue weighted by Gasteiger charge is -2.31. The van der Waals surface area contributed by atoms with E-state index in [0.717, 1.165) is 0 Å². The van der Waals surface area contributed by atoms with Crippen LogP contribution in [0, 0.1) is 10.1 Å². The van der Waals surface area contributed by atoms with Gasteiger partial charge in [-0.25, -0.2) is 4.90 Å². The summed E-state index contributed by atoms with van der Waals surface area (Å²) in [6.07, 6.45) is 0.910. The first kappa shape index (κ1) is 20.5. The van der Waals surface area contributed by atoms with Crippen molar-refractivity contribution in [2.45, 2.75) is 18.2 Å². The van der Waals surface area contributed by atoms with Crippen molar-refractivity contribution < 1.29 is 14.4 Å². The Morgan fingerprint density at radius 1 is 1.32 bits per heavy atom. The van der Waals surface area contributed by atoms with E-state index in [-0.39, 0.29) is 17.2 Å². The summed E-state index contributed by atoms with van der Waals surface area (Å²) >= 11 is 1.30. The number of non-ortho nitro benzene ring substituents is 1. The molecule has 0 bridgehead atoms. The smallest absolute Gasteiger partial charge is 0.291 e. The van der Waals surface area contributed by atoms with Crippen molar-refractivity contribution in [3.05, 3.63) is 87.2 Å². The molecule has 1 atom stereocenters. The quantitative estimate of drug-likeness (QED) is 0.216. The Labute approximate surface area is 181 Å². The van der Waals surface area contributed by atoms with E-state index in [2.05, 4.69) is 16.7 Å². The molecule has 3 aromatic rings. The number of para-hydroxylation sites is 1. The largest absolute Gasteiger partial charge is 0.325 e. The summed E-state index contributed by atoms with van der Waals surface area (Å²) in [7, 11) is 0. The number of H-pyrrole nitrogens is 1. The second-order valence-corrected chi connectivity index (χ2v) is 7.79. The van der Waals surface area contributed by atoms with Crippen molar-refractivity contribution in [3.8, 4) is 11.3 Å². The van der Waals surface area contributed by atoms with E-state index in [1.807, 2.05) is 0 Å². The summed E-state index contributed by atoms with van der Waals surface area (Å²) in [6.45, 7) is 5.11. The number of carbonyl (C=O) groups is 1. The highest BCUT2D eigenvalue weighted by molar-refractivity contribution is 7.99. The van der Waals surface area contributed by atoms with Crippen molar-refractivity contribution >= 4 is 29.0 Å². The summed E-state index contributed by atoms with van der Waals surface area (Å²) in [6, 6.07) is 13.0. The highest BCUT2D eigenvalue weighted by atomic mass is 32.2. The van der Waals surface area contributed by atoms with Crippen LogP contribution < -0.4 is 15.1 Å². The number of amides is 1. The van der Waals surface area contributed by atoms with Crippen molar-refractivity contribution in [2.24, 2.45) is 0 Å². The Balaban J connectivity index is 2.00. The predicted molar refractivity (Wildman–Crippen MR) is 116 cm³/mol. The molecule has 2 heterocycles. The molecule has 0 saturated heterocycles. The van der Waals surface area contributed by atoms with Crippen LogP contribution in [0.5, 0.6) is 0 Å². The molecule has 1 aliphatic heterocycles. The number of hydrogen-bond acceptors (Lipinski definition) is 6. The predicted octanol–water partition coefficient (Wildman–Crippen LogP) is 2.82. The number of nitrogens with one attached hydrogen (secondary N) is 1. The molecule has 156 valence electrons. The minimum absolute atomic E-state index is 0.0688. The van der Waals surface area contributed by atoms with Crippen LogP contribution in [0.25, 0.3) is 11.3 Å². The van der Waals surface area contributed by atoms with E-state index in [1.165, 1.54) is 40.4 Å². The zero-order chi connectivity index (χ0) is 22.1. The fourth-order valence-electron chi connectivity index (χ4n) is 3.58. The average molecular weight is 436 g/mol. The summed E-state index contributed by atoms with van der Waals surface area (Å²) in [5, 5.41) is 16.1. The van der Waals surface area contributed by atoms with E-state index >= 15 is 0 Å². The molecule has 1 N–H and O–H groups in total. The first-order chi connectivity index (χ1) is 14.9. The molecule has 4 rings (SSSR count). The van der Waals surface area contributed by atoms with E-state index < -0.39 is 11.1 Å². The van der Waals surface area contributed by atoms with Gasteiger partial charge in [0.1, 0.15) is 0 Å². The van der Waals surface area contributed by atoms with Gasteiger partial charge in [-0.15, -0.1) is 6.58 Å². The van der Waals surface area contributed by atoms with Gasteiger partial charge in [0.05, 0.1) is 16.2 Å². The molecule has 1 aliphatic rings. The fraction of sp³-hybridized carbons (Fsp3) is 0.143. The Bertz CT molecular complexity index is 1260. The number of nitrogens with zero attached hydrogens (tertiary/aromatic N) is 4. The highest BCUT2D eigenvalue weighted by Crippen LogP contribution is 2.37. The van der Waals surface area contributed by atoms with Crippen LogP contribution in [-0.2, 0) is 4.79 Å². The Morgan fingerprint density at radius 3 is 2.68 bits per heavy atom. The first-order valence-corrected chi connectivity index (χ1v) is 10.3. The molecule has 10 heteroatoms. The maximum Gasteiger partial charge on any atom is 0.325 e. The van der Waals surface area contributed by atoms with Crippen LogP contribution >= 0.6 is 11.8 Å². The van der Waals surface area contributed by atoms with E-state index in [4.69, 9.17) is 0 Å². The molecule has 0 fully saturated rings. The van der Waals surface area contributed by atoms with Crippen LogP contribution in [0.1, 0.15) is 18.7 Å². The monoisotopic (exact) mass is 436 g/mol. The van der Waals surface area contributed by atoms with Crippen LogP contribution in [0.3, 0.4) is 0 Å². The zero-order valence-electron chi connectivity index (χ0n) is 16.5. The van der Waals surface area contributed by atoms with Crippen LogP contribution in [0.15, 0.2) is 71.1 Å². The van der Waals surface area contributed by atoms with Crippen molar-refractivity contribution in [2.75, 3.05) is 10.7 Å². The van der Waals surface area contributed by atoms with Crippen LogP contribution in [-0.4, -0.2) is 26.7 Å². The second kappa shape index (κ2) is 8.15. The van der Waals surface area contributed by atoms with Gasteiger partial charge in [0, 0.05) is 35.5 Å². The molecule has 0 aliphatic carbocycles. The number of carbonyl (C=O) groups excluding carboxylic acids is 1. The number of aromatic amines is 1. The molecule has 1 amide bonds. The normalized spacial score (nSPS) is 14.5. The number of aromatic nitrogens is 3. The number of nitro groups is 1. The number of anilines is 1. The molecule has 1 aromatic heterocycles. The summed E-state index contributed by atoms with van der Waals surface area (Å²) in [5.74, 6) is 0.286. The van der Waals surface area contributed by atoms with Crippen molar-refractivity contribution in [3.63, 3.8) is 0 Å². The van der Waals surface area contributed by atoms with Crippen molar-refractivity contribution in [1.82, 2.24) is 10.1 Å². The number of thioether (sulfide) groups is 1. The molecule has 9 nitrogen and oxygen atoms in total. The Kier molecular flexibility index (Phi) is 5.38. The number of benzene rings is 2. The van der Waals surface area contributed by atoms with Gasteiger partial charge in [0.25, 0.3) is 11.9 Å². The Hall–Kier alpha value is -3.79. The lowest BCUT2D eigenvalue weighted by molar-refractivity contribution is -0.763. The lowest BCUT2D eigenvalue weighted by Crippen LogP contribution is -2.60. The fourth-order valence-corrected chi connectivity index (χ4v) is 4.17. The van der Waals surface area contributed by atoms with E-state index in [1.54, 1.807) is 42.5 Å². The number of hydrogen-bond donors (Lipinski definition) is 1. The average Bonchev–Trinajstić information content (AvgIpc) is 2.76. The van der Waals surface area contributed by atoms with Gasteiger partial charge in [-0.3, -0.25) is 24.7 Å². The van der Waals surface area contributed by atoms with E-state index in [0.29, 0.717) is 33.4 Å². The third-order valence-corrected chi connectivity index (χ3v) is 5.70. The third-order valence-electron chi connectivity index (χ3n) is 4.84. The van der Waals surface area contributed by atoms with Gasteiger partial charge in [-0.1, -0.05) is 30.0 Å². The van der Waals surface area contributed by atoms with Crippen LogP contribution in [0.2, 0.25) is 0 Å². The molecule has 0 spiro atoms. The second-order valence-electron chi connectivity index (χ2n) is 6.78. The lowest BCUT2D eigenvalue weighted by atomic mass is 10.0. The molecule has 31 heavy (non-hydrogen) atoms. The van der Waals surface area contributed by atoms with Gasteiger partial charge in [0.15, 0.2) is 0 Å². The van der Waals surface area contributed by atoms with Gasteiger partial charge in [-0.05, 0) is 28.9 Å². The van der Waals surface area contributed by atoms with Crippen molar-refractivity contribution in [1.29, 1.82) is 0 Å². The highest BCUT2D eigenvalue weighted by Gasteiger charge is 2.44. The molecule has 0 unspecified atom stereocenters. The third kappa shape index (κ3) is 3.61. The van der Waals surface area contributed by atoms with E-state index in [9.17, 15) is 19.7 Å². The zero-order valence-corrected chi connectivity index (χ0v) is 17.3. The van der Waals surface area contributed by atoms with Gasteiger partial charge in [-0.2, -0.15) is 0 Å². The van der Waals surface area contributed by atoms with Gasteiger partial charge < -0.3 is 0 Å². The number of rotatable bonds is 5. The summed E-state index contributed by atoms with van der Waals surface area (Å²) < 4.78 is 1.51. The Morgan fingerprint density at radius 2 is 2.03 bits per heavy atom. The number of nitro benzene ring substituents is 1. The summed E-state index contributed by atoms with van der Waals surface area (Å²) in [5.41, 5.74) is 1.62. The molecular weight excluding hydrogens is 418 g/mol. The number of fused-ring (bicyclic) bond motifs is 3. The summed E-state index contributed by atoms with van der Waals surface area (Å²) in [4.78, 5) is 40.7. The minimum Gasteiger partial charge on any atom is -0.291 e. The molecular formula is C21H18N5O4S+. The van der Waals surface area contributed by atoms with Gasteiger partial charge >= 0.3 is 11.3 Å². The molecule has 0 saturated carbocycles. The maximum atomic E-state index is 13.1. The SMILES string of the molecule is C=CCSc1n[n+]2c(c(=O)[nH]1)-c1ccccc1N(C(C)=O)[C@@H]2c1ccc([N+](=O)[O-])cc1. The topological polar surface area (TPSA) is 113 Å². The molecule has 2 aromatic carbocycles. The molecule has 0 radical (unpaired) electrons. The van der Waals surface area contributed by atoms with Gasteiger partial charge in [0.2, 0.25) is 11.1 Å². The minimum atomic E-state index is -0.784. The van der Waals surface area contributed by atoms with Crippen LogP contribution in [0.4, 0.5) is 11.4 Å². The standard InChI is InChI=1S/C21H17N5O4S/c1-3-12-31-21-22-19(28)18-16-6-4-5-7-17(16)24(13(2)27)20(25(18)23-21)14-8-10-15(11-9-14)26(29)30/h3-11,20H,1,12H2,2H3/p+1/t20-/m0/s1. The first-order valence-electron chi connectivity index (χ1n) is 9.35.